The van der Waals surface area contributed by atoms with E-state index in [1.54, 1.807) is 11.3 Å². The molecule has 140 valence electrons. The highest BCUT2D eigenvalue weighted by atomic mass is 32.1. The van der Waals surface area contributed by atoms with Crippen molar-refractivity contribution in [3.05, 3.63) is 40.9 Å². The highest BCUT2D eigenvalue weighted by Gasteiger charge is 2.14. The summed E-state index contributed by atoms with van der Waals surface area (Å²) in [7, 11) is 0. The van der Waals surface area contributed by atoms with E-state index in [0.717, 1.165) is 62.2 Å². The van der Waals surface area contributed by atoms with Gasteiger partial charge >= 0.3 is 0 Å². The van der Waals surface area contributed by atoms with E-state index in [4.69, 9.17) is 9.72 Å². The van der Waals surface area contributed by atoms with Crippen molar-refractivity contribution in [2.45, 2.75) is 26.8 Å². The van der Waals surface area contributed by atoms with Gasteiger partial charge in [0.2, 0.25) is 5.91 Å². The Balaban J connectivity index is 1.67. The van der Waals surface area contributed by atoms with Crippen molar-refractivity contribution < 1.29 is 9.53 Å². The van der Waals surface area contributed by atoms with Crippen LogP contribution in [0.15, 0.2) is 29.6 Å². The molecular formula is C20H27N3O2S. The third-order valence-corrected chi connectivity index (χ3v) is 5.62. The Kier molecular flexibility index (Phi) is 6.77. The summed E-state index contributed by atoms with van der Waals surface area (Å²) in [5.41, 5.74) is 3.28. The first-order chi connectivity index (χ1) is 12.7. The van der Waals surface area contributed by atoms with Crippen LogP contribution in [-0.2, 0) is 22.5 Å². The van der Waals surface area contributed by atoms with Gasteiger partial charge in [0, 0.05) is 43.7 Å². The lowest BCUT2D eigenvalue weighted by atomic mass is 10.1. The zero-order chi connectivity index (χ0) is 18.4. The predicted octanol–water partition coefficient (Wildman–Crippen LogP) is 3.05. The fraction of sp³-hybridized carbons (Fsp3) is 0.500. The van der Waals surface area contributed by atoms with Gasteiger partial charge in [0.1, 0.15) is 5.01 Å². The molecule has 0 radical (unpaired) electrons. The van der Waals surface area contributed by atoms with Gasteiger partial charge in [-0.2, -0.15) is 0 Å². The molecule has 0 atom stereocenters. The molecule has 1 aliphatic rings. The van der Waals surface area contributed by atoms with E-state index in [2.05, 4.69) is 29.2 Å². The van der Waals surface area contributed by atoms with Gasteiger partial charge in [-0.1, -0.05) is 18.2 Å². The molecule has 2 aromatic rings. The minimum Gasteiger partial charge on any atom is -0.379 e. The lowest BCUT2D eigenvalue weighted by Gasteiger charge is -2.26. The summed E-state index contributed by atoms with van der Waals surface area (Å²) in [4.78, 5) is 21.2. The van der Waals surface area contributed by atoms with Crippen LogP contribution >= 0.6 is 11.3 Å². The Hall–Kier alpha value is -1.76. The number of nitrogens with zero attached hydrogens (tertiary/aromatic N) is 3. The number of amides is 1. The second-order valence-corrected chi connectivity index (χ2v) is 7.33. The normalized spacial score (nSPS) is 15.2. The largest absolute Gasteiger partial charge is 0.379 e. The molecule has 1 amide bonds. The quantitative estimate of drug-likeness (QED) is 0.748. The third-order valence-electron chi connectivity index (χ3n) is 4.68. The Morgan fingerprint density at radius 2 is 2.04 bits per heavy atom. The zero-order valence-electron chi connectivity index (χ0n) is 15.6. The van der Waals surface area contributed by atoms with E-state index >= 15 is 0 Å². The number of rotatable bonds is 7. The molecule has 0 saturated carbocycles. The first-order valence-corrected chi connectivity index (χ1v) is 10.2. The molecule has 1 fully saturated rings. The molecule has 0 N–H and O–H groups in total. The molecule has 2 heterocycles. The van der Waals surface area contributed by atoms with E-state index < -0.39 is 0 Å². The van der Waals surface area contributed by atoms with Crippen molar-refractivity contribution in [1.82, 2.24) is 14.8 Å². The van der Waals surface area contributed by atoms with Crippen LogP contribution in [0.25, 0.3) is 10.6 Å². The lowest BCUT2D eigenvalue weighted by Crippen LogP contribution is -2.35. The Bertz CT molecular complexity index is 721. The van der Waals surface area contributed by atoms with E-state index in [-0.39, 0.29) is 5.91 Å². The summed E-state index contributed by atoms with van der Waals surface area (Å²) >= 11 is 1.61. The number of likely N-dealkylation sites (N-methyl/N-ethyl adjacent to an activating group) is 1. The molecule has 1 aliphatic heterocycles. The summed E-state index contributed by atoms with van der Waals surface area (Å²) in [6.45, 7) is 10.0. The summed E-state index contributed by atoms with van der Waals surface area (Å²) in [5.74, 6) is 0.146. The minimum atomic E-state index is 0.146. The molecule has 26 heavy (non-hydrogen) atoms. The van der Waals surface area contributed by atoms with Crippen molar-refractivity contribution in [2.75, 3.05) is 39.4 Å². The number of hydrogen-bond acceptors (Lipinski definition) is 5. The summed E-state index contributed by atoms with van der Waals surface area (Å²) in [6, 6.07) is 8.56. The van der Waals surface area contributed by atoms with Gasteiger partial charge in [0.25, 0.3) is 0 Å². The van der Waals surface area contributed by atoms with Crippen molar-refractivity contribution in [3.8, 4) is 10.6 Å². The number of hydrogen-bond donors (Lipinski definition) is 0. The maximum atomic E-state index is 12.3. The molecular weight excluding hydrogens is 346 g/mol. The molecule has 1 saturated heterocycles. The molecule has 6 heteroatoms. The number of carbonyl (C=O) groups is 1. The van der Waals surface area contributed by atoms with Crippen LogP contribution in [-0.4, -0.2) is 60.1 Å². The number of thiazole rings is 1. The second kappa shape index (κ2) is 9.26. The standard InChI is InChI=1S/C20H27N3O2S/c1-3-23(4-2)19(24)13-18-15-26-20(21-18)17-7-5-6-16(12-17)14-22-8-10-25-11-9-22/h5-7,12,15H,3-4,8-11,13-14H2,1-2H3. The predicted molar refractivity (Wildman–Crippen MR) is 105 cm³/mol. The fourth-order valence-corrected chi connectivity index (χ4v) is 4.00. The SMILES string of the molecule is CCN(CC)C(=O)Cc1csc(-c2cccc(CN3CCOCC3)c2)n1. The highest BCUT2D eigenvalue weighted by molar-refractivity contribution is 7.13. The molecule has 0 aliphatic carbocycles. The minimum absolute atomic E-state index is 0.146. The van der Waals surface area contributed by atoms with Gasteiger partial charge in [-0.25, -0.2) is 4.98 Å². The smallest absolute Gasteiger partial charge is 0.228 e. The Morgan fingerprint density at radius 1 is 1.27 bits per heavy atom. The topological polar surface area (TPSA) is 45.7 Å². The number of morpholine rings is 1. The Labute approximate surface area is 159 Å². The molecule has 0 bridgehead atoms. The van der Waals surface area contributed by atoms with Crippen molar-refractivity contribution in [3.63, 3.8) is 0 Å². The second-order valence-electron chi connectivity index (χ2n) is 6.48. The summed E-state index contributed by atoms with van der Waals surface area (Å²) in [6.07, 6.45) is 0.381. The first-order valence-electron chi connectivity index (χ1n) is 9.31. The molecule has 1 aromatic heterocycles. The van der Waals surface area contributed by atoms with E-state index in [0.29, 0.717) is 6.42 Å². The first kappa shape index (κ1) is 19.0. The van der Waals surface area contributed by atoms with Crippen molar-refractivity contribution in [1.29, 1.82) is 0 Å². The number of ether oxygens (including phenoxy) is 1. The monoisotopic (exact) mass is 373 g/mol. The van der Waals surface area contributed by atoms with Crippen LogP contribution in [0.1, 0.15) is 25.1 Å². The van der Waals surface area contributed by atoms with Crippen LogP contribution in [0.4, 0.5) is 0 Å². The molecule has 5 nitrogen and oxygen atoms in total. The summed E-state index contributed by atoms with van der Waals surface area (Å²) in [5, 5.41) is 2.99. The fourth-order valence-electron chi connectivity index (χ4n) is 3.18. The van der Waals surface area contributed by atoms with Crippen LogP contribution < -0.4 is 0 Å². The van der Waals surface area contributed by atoms with Gasteiger partial charge in [0.15, 0.2) is 0 Å². The highest BCUT2D eigenvalue weighted by Crippen LogP contribution is 2.25. The van der Waals surface area contributed by atoms with E-state index in [9.17, 15) is 4.79 Å². The molecule has 1 aromatic carbocycles. The zero-order valence-corrected chi connectivity index (χ0v) is 16.4. The van der Waals surface area contributed by atoms with E-state index in [1.165, 1.54) is 5.56 Å². The molecule has 0 unspecified atom stereocenters. The third kappa shape index (κ3) is 4.90. The Morgan fingerprint density at radius 3 is 2.77 bits per heavy atom. The molecule has 0 spiro atoms. The van der Waals surface area contributed by atoms with Crippen LogP contribution in [0.5, 0.6) is 0 Å². The van der Waals surface area contributed by atoms with Crippen LogP contribution in [0, 0.1) is 0 Å². The number of carbonyl (C=O) groups excluding carboxylic acids is 1. The lowest BCUT2D eigenvalue weighted by molar-refractivity contribution is -0.130. The molecule has 3 rings (SSSR count). The maximum Gasteiger partial charge on any atom is 0.228 e. The maximum absolute atomic E-state index is 12.3. The van der Waals surface area contributed by atoms with Gasteiger partial charge < -0.3 is 9.64 Å². The number of benzene rings is 1. The number of aromatic nitrogens is 1. The average molecular weight is 374 g/mol. The van der Waals surface area contributed by atoms with Crippen LogP contribution in [0.3, 0.4) is 0 Å². The van der Waals surface area contributed by atoms with Crippen LogP contribution in [0.2, 0.25) is 0 Å². The van der Waals surface area contributed by atoms with Crippen molar-refractivity contribution in [2.24, 2.45) is 0 Å². The summed E-state index contributed by atoms with van der Waals surface area (Å²) < 4.78 is 5.42. The van der Waals surface area contributed by atoms with Gasteiger partial charge in [-0.15, -0.1) is 11.3 Å². The van der Waals surface area contributed by atoms with Gasteiger partial charge in [-0.05, 0) is 25.5 Å². The van der Waals surface area contributed by atoms with Crippen molar-refractivity contribution >= 4 is 17.2 Å². The van der Waals surface area contributed by atoms with Gasteiger partial charge in [-0.3, -0.25) is 9.69 Å². The van der Waals surface area contributed by atoms with E-state index in [1.807, 2.05) is 24.1 Å². The average Bonchev–Trinajstić information content (AvgIpc) is 3.12. The van der Waals surface area contributed by atoms with Gasteiger partial charge in [0.05, 0.1) is 25.3 Å².